The Hall–Kier alpha value is -1.55. The summed E-state index contributed by atoms with van der Waals surface area (Å²) in [5.74, 6) is 0.404. The second kappa shape index (κ2) is 8.92. The van der Waals surface area contributed by atoms with Crippen LogP contribution in [0.1, 0.15) is 50.2 Å². The van der Waals surface area contributed by atoms with Gasteiger partial charge >= 0.3 is 6.03 Å². The minimum atomic E-state index is -0.191. The van der Waals surface area contributed by atoms with Crippen molar-refractivity contribution in [1.29, 1.82) is 0 Å². The highest BCUT2D eigenvalue weighted by atomic mass is 16.3. The van der Waals surface area contributed by atoms with Gasteiger partial charge in [0, 0.05) is 12.6 Å². The zero-order chi connectivity index (χ0) is 16.7. The lowest BCUT2D eigenvalue weighted by Crippen LogP contribution is -2.44. The molecule has 1 aromatic rings. The van der Waals surface area contributed by atoms with E-state index in [9.17, 15) is 9.90 Å². The number of hydrogen-bond donors (Lipinski definition) is 3. The summed E-state index contributed by atoms with van der Waals surface area (Å²) in [6.45, 7) is 4.83. The fraction of sp³-hybridized carbons (Fsp3) is 0.632. The fourth-order valence-electron chi connectivity index (χ4n) is 3.23. The number of benzene rings is 1. The highest BCUT2D eigenvalue weighted by Gasteiger charge is 2.20. The second-order valence-corrected chi connectivity index (χ2v) is 6.84. The van der Waals surface area contributed by atoms with Crippen LogP contribution in [0.4, 0.5) is 4.79 Å². The van der Waals surface area contributed by atoms with E-state index in [0.29, 0.717) is 12.5 Å². The summed E-state index contributed by atoms with van der Waals surface area (Å²) in [4.78, 5) is 12.1. The summed E-state index contributed by atoms with van der Waals surface area (Å²) in [5, 5.41) is 15.7. The van der Waals surface area contributed by atoms with Crippen LogP contribution in [0, 0.1) is 12.8 Å². The summed E-state index contributed by atoms with van der Waals surface area (Å²) < 4.78 is 0. The molecule has 1 aliphatic rings. The molecule has 0 aliphatic heterocycles. The fourth-order valence-corrected chi connectivity index (χ4v) is 3.23. The Morgan fingerprint density at radius 3 is 2.70 bits per heavy atom. The first kappa shape index (κ1) is 17.8. The van der Waals surface area contributed by atoms with Crippen molar-refractivity contribution in [3.8, 4) is 0 Å². The third kappa shape index (κ3) is 6.22. The monoisotopic (exact) mass is 318 g/mol. The molecule has 3 N–H and O–H groups in total. The van der Waals surface area contributed by atoms with E-state index in [1.165, 1.54) is 11.1 Å². The van der Waals surface area contributed by atoms with E-state index in [1.807, 2.05) is 0 Å². The topological polar surface area (TPSA) is 61.4 Å². The van der Waals surface area contributed by atoms with Gasteiger partial charge in [-0.3, -0.25) is 0 Å². The normalized spacial score (nSPS) is 22.4. The molecular formula is C19H30N2O2. The van der Waals surface area contributed by atoms with Gasteiger partial charge in [0.05, 0.1) is 6.10 Å². The highest BCUT2D eigenvalue weighted by molar-refractivity contribution is 5.74. The van der Waals surface area contributed by atoms with Crippen LogP contribution in [0.25, 0.3) is 0 Å². The minimum absolute atomic E-state index is 0.0935. The van der Waals surface area contributed by atoms with Crippen LogP contribution in [0.15, 0.2) is 24.3 Å². The predicted molar refractivity (Wildman–Crippen MR) is 93.5 cm³/mol. The first-order chi connectivity index (χ1) is 11.1. The molecule has 1 fully saturated rings. The van der Waals surface area contributed by atoms with Gasteiger partial charge in [0.1, 0.15) is 0 Å². The molecule has 2 amide bonds. The third-order valence-corrected chi connectivity index (χ3v) is 4.74. The number of hydrogen-bond acceptors (Lipinski definition) is 2. The van der Waals surface area contributed by atoms with Crippen LogP contribution in [0.5, 0.6) is 0 Å². The maximum Gasteiger partial charge on any atom is 0.315 e. The summed E-state index contributed by atoms with van der Waals surface area (Å²) in [6, 6.07) is 8.52. The molecule has 2 rings (SSSR count). The van der Waals surface area contributed by atoms with E-state index in [-0.39, 0.29) is 18.2 Å². The van der Waals surface area contributed by atoms with Crippen LogP contribution in [-0.2, 0) is 6.42 Å². The number of aryl methyl sites for hydroxylation is 1. The molecule has 3 atom stereocenters. The standard InChI is InChI=1S/C19H30N2O2/c1-3-17(11-15-9-7-14(2)8-10-15)21-19(23)20-13-16-5-4-6-18(22)12-16/h7-10,16-18,22H,3-6,11-13H2,1-2H3,(H2,20,21,23). The Morgan fingerprint density at radius 1 is 1.30 bits per heavy atom. The second-order valence-electron chi connectivity index (χ2n) is 6.84. The molecule has 4 nitrogen and oxygen atoms in total. The third-order valence-electron chi connectivity index (χ3n) is 4.74. The largest absolute Gasteiger partial charge is 0.393 e. The van der Waals surface area contributed by atoms with Crippen LogP contribution in [0.2, 0.25) is 0 Å². The van der Waals surface area contributed by atoms with E-state index in [1.54, 1.807) is 0 Å². The average Bonchev–Trinajstić information content (AvgIpc) is 2.54. The number of nitrogens with one attached hydrogen (secondary N) is 2. The zero-order valence-electron chi connectivity index (χ0n) is 14.3. The Labute approximate surface area is 139 Å². The Balaban J connectivity index is 1.74. The van der Waals surface area contributed by atoms with Crippen molar-refractivity contribution < 1.29 is 9.90 Å². The molecule has 0 saturated heterocycles. The molecule has 1 aliphatic carbocycles. The van der Waals surface area contributed by atoms with Crippen molar-refractivity contribution in [2.75, 3.05) is 6.54 Å². The number of amides is 2. The van der Waals surface area contributed by atoms with Gasteiger partial charge in [-0.15, -0.1) is 0 Å². The summed E-state index contributed by atoms with van der Waals surface area (Å²) in [7, 11) is 0. The summed E-state index contributed by atoms with van der Waals surface area (Å²) >= 11 is 0. The molecule has 4 heteroatoms. The van der Waals surface area contributed by atoms with Gasteiger partial charge < -0.3 is 15.7 Å². The summed E-state index contributed by atoms with van der Waals surface area (Å²) in [6.07, 6.45) is 5.43. The number of carbonyl (C=O) groups excluding carboxylic acids is 1. The van der Waals surface area contributed by atoms with Gasteiger partial charge in [-0.05, 0) is 50.5 Å². The van der Waals surface area contributed by atoms with Crippen LogP contribution < -0.4 is 10.6 Å². The molecule has 1 saturated carbocycles. The molecule has 1 aromatic carbocycles. The molecule has 0 aromatic heterocycles. The first-order valence-corrected chi connectivity index (χ1v) is 8.84. The highest BCUT2D eigenvalue weighted by Crippen LogP contribution is 2.23. The summed E-state index contributed by atoms with van der Waals surface area (Å²) in [5.41, 5.74) is 2.50. The molecule has 0 bridgehead atoms. The Kier molecular flexibility index (Phi) is 6.90. The maximum atomic E-state index is 12.1. The van der Waals surface area contributed by atoms with Crippen molar-refractivity contribution >= 4 is 6.03 Å². The van der Waals surface area contributed by atoms with E-state index in [0.717, 1.165) is 38.5 Å². The van der Waals surface area contributed by atoms with Gasteiger partial charge in [-0.25, -0.2) is 4.79 Å². The molecule has 0 heterocycles. The Morgan fingerprint density at radius 2 is 2.04 bits per heavy atom. The van der Waals surface area contributed by atoms with Crippen molar-refractivity contribution in [1.82, 2.24) is 10.6 Å². The zero-order valence-corrected chi connectivity index (χ0v) is 14.3. The van der Waals surface area contributed by atoms with Crippen molar-refractivity contribution in [2.24, 2.45) is 5.92 Å². The number of rotatable bonds is 6. The molecular weight excluding hydrogens is 288 g/mol. The average molecular weight is 318 g/mol. The van der Waals surface area contributed by atoms with Crippen molar-refractivity contribution in [3.05, 3.63) is 35.4 Å². The smallest absolute Gasteiger partial charge is 0.315 e. The first-order valence-electron chi connectivity index (χ1n) is 8.84. The molecule has 0 spiro atoms. The number of aliphatic hydroxyl groups excluding tert-OH is 1. The molecule has 3 unspecified atom stereocenters. The van der Waals surface area contributed by atoms with Crippen LogP contribution in [0.3, 0.4) is 0 Å². The van der Waals surface area contributed by atoms with E-state index >= 15 is 0 Å². The predicted octanol–water partition coefficient (Wildman–Crippen LogP) is 3.17. The number of urea groups is 1. The molecule has 23 heavy (non-hydrogen) atoms. The molecule has 128 valence electrons. The SMILES string of the molecule is CCC(Cc1ccc(C)cc1)NC(=O)NCC1CCCC(O)C1. The Bertz CT molecular complexity index is 487. The van der Waals surface area contributed by atoms with Gasteiger partial charge in [-0.2, -0.15) is 0 Å². The molecule has 0 radical (unpaired) electrons. The van der Waals surface area contributed by atoms with Gasteiger partial charge in [0.15, 0.2) is 0 Å². The van der Waals surface area contributed by atoms with E-state index in [4.69, 9.17) is 0 Å². The quantitative estimate of drug-likeness (QED) is 0.754. The van der Waals surface area contributed by atoms with Crippen molar-refractivity contribution in [2.45, 2.75) is 64.5 Å². The lowest BCUT2D eigenvalue weighted by atomic mass is 9.87. The van der Waals surface area contributed by atoms with Gasteiger partial charge in [-0.1, -0.05) is 43.2 Å². The van der Waals surface area contributed by atoms with Gasteiger partial charge in [0.2, 0.25) is 0 Å². The number of aliphatic hydroxyl groups is 1. The maximum absolute atomic E-state index is 12.1. The number of carbonyl (C=O) groups is 1. The van der Waals surface area contributed by atoms with Crippen LogP contribution in [-0.4, -0.2) is 29.8 Å². The minimum Gasteiger partial charge on any atom is -0.393 e. The lowest BCUT2D eigenvalue weighted by molar-refractivity contribution is 0.101. The van der Waals surface area contributed by atoms with Crippen molar-refractivity contribution in [3.63, 3.8) is 0 Å². The van der Waals surface area contributed by atoms with E-state index in [2.05, 4.69) is 48.7 Å². The van der Waals surface area contributed by atoms with Crippen LogP contribution >= 0.6 is 0 Å². The van der Waals surface area contributed by atoms with E-state index < -0.39 is 0 Å². The van der Waals surface area contributed by atoms with Gasteiger partial charge in [0.25, 0.3) is 0 Å². The lowest BCUT2D eigenvalue weighted by Gasteiger charge is -2.26.